The molecular formula is C12H23N3O4S. The van der Waals surface area contributed by atoms with Crippen molar-refractivity contribution in [3.05, 3.63) is 0 Å². The molecule has 0 radical (unpaired) electrons. The maximum Gasteiger partial charge on any atom is 0.304 e. The van der Waals surface area contributed by atoms with Crippen molar-refractivity contribution in [2.75, 3.05) is 26.7 Å². The first-order valence-corrected chi connectivity index (χ1v) is 8.52. The van der Waals surface area contributed by atoms with Crippen molar-refractivity contribution in [1.29, 1.82) is 0 Å². The van der Waals surface area contributed by atoms with Crippen LogP contribution in [0.4, 0.5) is 0 Å². The molecule has 0 aromatic carbocycles. The van der Waals surface area contributed by atoms with Gasteiger partial charge in [-0.3, -0.25) is 4.79 Å². The first-order chi connectivity index (χ1) is 9.38. The van der Waals surface area contributed by atoms with Crippen molar-refractivity contribution in [1.82, 2.24) is 13.9 Å². The molecule has 2 unspecified atom stereocenters. The zero-order chi connectivity index (χ0) is 14.8. The predicted octanol–water partition coefficient (Wildman–Crippen LogP) is -0.146. The van der Waals surface area contributed by atoms with Gasteiger partial charge < -0.3 is 10.0 Å². The summed E-state index contributed by atoms with van der Waals surface area (Å²) in [4.78, 5) is 12.9. The van der Waals surface area contributed by atoms with E-state index in [0.717, 1.165) is 36.7 Å². The lowest BCUT2D eigenvalue weighted by atomic mass is 9.99. The fraction of sp³-hybridized carbons (Fsp3) is 0.917. The van der Waals surface area contributed by atoms with Gasteiger partial charge in [0.05, 0.1) is 6.42 Å². The van der Waals surface area contributed by atoms with Crippen molar-refractivity contribution in [2.45, 2.75) is 44.2 Å². The molecule has 7 nitrogen and oxygen atoms in total. The van der Waals surface area contributed by atoms with Crippen LogP contribution in [0, 0.1) is 0 Å². The standard InChI is InChI=1S/C12H23N3O4S/c1-14(7-5-12(16)17)20(18,19)13-10-4-8-15-6-2-3-11(15)9-10/h10-11,13H,2-9H2,1H3,(H,16,17). The summed E-state index contributed by atoms with van der Waals surface area (Å²) in [6.07, 6.45) is 3.84. The Morgan fingerprint density at radius 2 is 2.15 bits per heavy atom. The molecule has 2 fully saturated rings. The van der Waals surface area contributed by atoms with Crippen molar-refractivity contribution < 1.29 is 18.3 Å². The van der Waals surface area contributed by atoms with Gasteiger partial charge in [0.1, 0.15) is 0 Å². The molecule has 2 N–H and O–H groups in total. The van der Waals surface area contributed by atoms with E-state index in [1.807, 2.05) is 0 Å². The number of carbonyl (C=O) groups is 1. The molecule has 2 atom stereocenters. The van der Waals surface area contributed by atoms with Crippen molar-refractivity contribution in [3.8, 4) is 0 Å². The number of nitrogens with zero attached hydrogens (tertiary/aromatic N) is 2. The highest BCUT2D eigenvalue weighted by Gasteiger charge is 2.34. The van der Waals surface area contributed by atoms with E-state index in [1.165, 1.54) is 13.5 Å². The minimum Gasteiger partial charge on any atom is -0.481 e. The van der Waals surface area contributed by atoms with E-state index < -0.39 is 16.2 Å². The fourth-order valence-corrected chi connectivity index (χ4v) is 4.15. The van der Waals surface area contributed by atoms with Crippen LogP contribution < -0.4 is 4.72 Å². The molecule has 0 aromatic rings. The van der Waals surface area contributed by atoms with Crippen LogP contribution in [0.15, 0.2) is 0 Å². The Balaban J connectivity index is 1.86. The molecule has 2 saturated heterocycles. The summed E-state index contributed by atoms with van der Waals surface area (Å²) in [5.41, 5.74) is 0. The van der Waals surface area contributed by atoms with Gasteiger partial charge in [-0.1, -0.05) is 0 Å². The molecule has 2 aliphatic heterocycles. The zero-order valence-corrected chi connectivity index (χ0v) is 12.6. The minimum absolute atomic E-state index is 0.00700. The molecule has 2 heterocycles. The summed E-state index contributed by atoms with van der Waals surface area (Å²) in [5, 5.41) is 8.60. The zero-order valence-electron chi connectivity index (χ0n) is 11.8. The van der Waals surface area contributed by atoms with Crippen LogP contribution >= 0.6 is 0 Å². The van der Waals surface area contributed by atoms with Crippen LogP contribution in [-0.4, -0.2) is 67.5 Å². The highest BCUT2D eigenvalue weighted by atomic mass is 32.2. The Hall–Kier alpha value is -0.700. The number of carboxylic acid groups (broad SMARTS) is 1. The van der Waals surface area contributed by atoms with Gasteiger partial charge in [0, 0.05) is 25.7 Å². The van der Waals surface area contributed by atoms with E-state index in [4.69, 9.17) is 5.11 Å². The third-order valence-electron chi connectivity index (χ3n) is 4.19. The Morgan fingerprint density at radius 1 is 1.40 bits per heavy atom. The second kappa shape index (κ2) is 6.38. The number of nitrogens with one attached hydrogen (secondary N) is 1. The first kappa shape index (κ1) is 15.7. The van der Waals surface area contributed by atoms with Gasteiger partial charge in [0.2, 0.25) is 0 Å². The molecule has 0 aromatic heterocycles. The van der Waals surface area contributed by atoms with Gasteiger partial charge in [-0.15, -0.1) is 0 Å². The molecule has 20 heavy (non-hydrogen) atoms. The average molecular weight is 305 g/mol. The molecule has 0 amide bonds. The first-order valence-electron chi connectivity index (χ1n) is 7.08. The molecule has 2 rings (SSSR count). The van der Waals surface area contributed by atoms with Crippen LogP contribution in [0.3, 0.4) is 0 Å². The van der Waals surface area contributed by atoms with E-state index in [2.05, 4.69) is 9.62 Å². The molecule has 0 saturated carbocycles. The number of fused-ring (bicyclic) bond motifs is 1. The van der Waals surface area contributed by atoms with Crippen molar-refractivity contribution in [3.63, 3.8) is 0 Å². The van der Waals surface area contributed by atoms with Gasteiger partial charge in [-0.2, -0.15) is 17.4 Å². The molecular weight excluding hydrogens is 282 g/mol. The van der Waals surface area contributed by atoms with Crippen LogP contribution in [0.5, 0.6) is 0 Å². The van der Waals surface area contributed by atoms with Crippen molar-refractivity contribution >= 4 is 16.2 Å². The number of hydrogen-bond donors (Lipinski definition) is 2. The third-order valence-corrected chi connectivity index (χ3v) is 5.82. The highest BCUT2D eigenvalue weighted by Crippen LogP contribution is 2.27. The Labute approximate surface area is 120 Å². The lowest BCUT2D eigenvalue weighted by Crippen LogP contribution is -2.50. The van der Waals surface area contributed by atoms with Gasteiger partial charge in [-0.05, 0) is 38.8 Å². The molecule has 0 spiro atoms. The second-order valence-corrected chi connectivity index (χ2v) is 7.45. The van der Waals surface area contributed by atoms with E-state index >= 15 is 0 Å². The maximum atomic E-state index is 12.1. The van der Waals surface area contributed by atoms with Gasteiger partial charge in [-0.25, -0.2) is 0 Å². The molecule has 0 aliphatic carbocycles. The van der Waals surface area contributed by atoms with Gasteiger partial charge >= 0.3 is 5.97 Å². The van der Waals surface area contributed by atoms with Crippen molar-refractivity contribution in [2.24, 2.45) is 0 Å². The minimum atomic E-state index is -3.58. The smallest absolute Gasteiger partial charge is 0.304 e. The van der Waals surface area contributed by atoms with E-state index in [-0.39, 0.29) is 19.0 Å². The summed E-state index contributed by atoms with van der Waals surface area (Å²) < 4.78 is 28.0. The normalized spacial score (nSPS) is 27.7. The summed E-state index contributed by atoms with van der Waals surface area (Å²) >= 11 is 0. The predicted molar refractivity (Wildman–Crippen MR) is 74.6 cm³/mol. The number of aliphatic carboxylic acids is 1. The summed E-state index contributed by atoms with van der Waals surface area (Å²) in [6.45, 7) is 2.06. The Kier molecular flexibility index (Phi) is 5.00. The van der Waals surface area contributed by atoms with E-state index in [0.29, 0.717) is 6.04 Å². The Bertz CT molecular complexity index is 454. The Morgan fingerprint density at radius 3 is 2.85 bits per heavy atom. The number of carboxylic acids is 1. The topological polar surface area (TPSA) is 90.0 Å². The lowest BCUT2D eigenvalue weighted by Gasteiger charge is -2.35. The lowest BCUT2D eigenvalue weighted by molar-refractivity contribution is -0.137. The number of rotatable bonds is 6. The fourth-order valence-electron chi connectivity index (χ4n) is 3.01. The third kappa shape index (κ3) is 3.91. The van der Waals surface area contributed by atoms with Crippen LogP contribution in [-0.2, 0) is 15.0 Å². The number of piperidine rings is 1. The van der Waals surface area contributed by atoms with Crippen LogP contribution in [0.1, 0.15) is 32.1 Å². The molecule has 0 bridgehead atoms. The SMILES string of the molecule is CN(CCC(=O)O)S(=O)(=O)NC1CCN2CCCC2C1. The number of hydrogen-bond acceptors (Lipinski definition) is 4. The van der Waals surface area contributed by atoms with E-state index in [1.54, 1.807) is 0 Å². The quantitative estimate of drug-likeness (QED) is 0.712. The maximum absolute atomic E-state index is 12.1. The molecule has 2 aliphatic rings. The van der Waals surface area contributed by atoms with Crippen LogP contribution in [0.25, 0.3) is 0 Å². The molecule has 116 valence electrons. The van der Waals surface area contributed by atoms with Gasteiger partial charge in [0.15, 0.2) is 0 Å². The highest BCUT2D eigenvalue weighted by molar-refractivity contribution is 7.87. The van der Waals surface area contributed by atoms with E-state index in [9.17, 15) is 13.2 Å². The molecule has 8 heteroatoms. The van der Waals surface area contributed by atoms with Crippen LogP contribution in [0.2, 0.25) is 0 Å². The summed E-state index contributed by atoms with van der Waals surface area (Å²) in [5.74, 6) is -0.994. The average Bonchev–Trinajstić information content (AvgIpc) is 2.82. The van der Waals surface area contributed by atoms with Gasteiger partial charge in [0.25, 0.3) is 10.2 Å². The summed E-state index contributed by atoms with van der Waals surface area (Å²) in [6, 6.07) is 0.465. The largest absolute Gasteiger partial charge is 0.481 e. The monoisotopic (exact) mass is 305 g/mol. The second-order valence-electron chi connectivity index (χ2n) is 5.64. The summed E-state index contributed by atoms with van der Waals surface area (Å²) in [7, 11) is -2.17.